The summed E-state index contributed by atoms with van der Waals surface area (Å²) < 4.78 is 2.30. The molecule has 2 aliphatic rings. The first-order valence-corrected chi connectivity index (χ1v) is 14.4. The standard InChI is InChI=1S/C32H45ClN4/c1-7-9-30-31(23-37(32(30)8-2)29-12-10-28(33)11-13-29)27-16-20-36(21-17-27)25(5)34(6)22-26-14-18-35(19-15-26)24(3)4/h7-13,23-24,26-27H,1,5,14-22H2,2-4,6H3/b30-9-,32-8+. The normalized spacial score (nSPS) is 19.1. The van der Waals surface area contributed by atoms with Crippen LogP contribution in [0, 0.1) is 5.92 Å². The molecule has 0 spiro atoms. The lowest BCUT2D eigenvalue weighted by Crippen LogP contribution is -2.43. The minimum absolute atomic E-state index is 0.521. The van der Waals surface area contributed by atoms with E-state index in [1.165, 1.54) is 47.9 Å². The summed E-state index contributed by atoms with van der Waals surface area (Å²) in [5.74, 6) is 2.47. The van der Waals surface area contributed by atoms with Gasteiger partial charge in [-0.25, -0.2) is 0 Å². The number of likely N-dealkylation sites (tertiary alicyclic amines) is 2. The molecular formula is C32H45ClN4. The zero-order valence-corrected chi connectivity index (χ0v) is 24.1. The zero-order chi connectivity index (χ0) is 26.5. The maximum absolute atomic E-state index is 6.16. The smallest absolute Gasteiger partial charge is 0.0962 e. The molecule has 0 radical (unpaired) electrons. The number of rotatable bonds is 8. The molecule has 1 aromatic heterocycles. The van der Waals surface area contributed by atoms with Gasteiger partial charge in [0.2, 0.25) is 0 Å². The van der Waals surface area contributed by atoms with Gasteiger partial charge in [0.25, 0.3) is 0 Å². The van der Waals surface area contributed by atoms with Crippen molar-refractivity contribution in [2.24, 2.45) is 5.92 Å². The molecule has 2 aliphatic heterocycles. The first kappa shape index (κ1) is 27.6. The molecule has 0 N–H and O–H groups in total. The number of nitrogens with zero attached hydrogens (tertiary/aromatic N) is 4. The van der Waals surface area contributed by atoms with E-state index in [1.54, 1.807) is 0 Å². The second-order valence-corrected chi connectivity index (χ2v) is 11.5. The van der Waals surface area contributed by atoms with Crippen LogP contribution < -0.4 is 10.6 Å². The number of benzene rings is 1. The Labute approximate surface area is 229 Å². The SMILES string of the molecule is C=C/C=c1/c(C2CCN(C(=C)N(C)CC3CCN(C(C)C)CC3)CC2)cn(-c2ccc(Cl)cc2)/c1=C/C. The molecule has 4 nitrogen and oxygen atoms in total. The molecule has 0 aliphatic carbocycles. The third-order valence-corrected chi connectivity index (χ3v) is 8.68. The van der Waals surface area contributed by atoms with Crippen LogP contribution in [0.1, 0.15) is 57.9 Å². The van der Waals surface area contributed by atoms with Crippen molar-refractivity contribution in [3.05, 3.63) is 76.7 Å². The second kappa shape index (κ2) is 12.4. The summed E-state index contributed by atoms with van der Waals surface area (Å²) >= 11 is 6.16. The minimum atomic E-state index is 0.521. The molecule has 2 aromatic rings. The molecule has 37 heavy (non-hydrogen) atoms. The molecule has 2 fully saturated rings. The van der Waals surface area contributed by atoms with Crippen LogP contribution in [-0.2, 0) is 0 Å². The van der Waals surface area contributed by atoms with Crippen LogP contribution in [0.5, 0.6) is 0 Å². The fraction of sp³-hybridized carbons (Fsp3) is 0.500. The van der Waals surface area contributed by atoms with Crippen molar-refractivity contribution in [2.45, 2.75) is 58.4 Å². The van der Waals surface area contributed by atoms with Gasteiger partial charge in [0.05, 0.1) is 5.82 Å². The van der Waals surface area contributed by atoms with Gasteiger partial charge in [-0.05, 0) is 101 Å². The molecule has 3 heterocycles. The van der Waals surface area contributed by atoms with E-state index in [0.29, 0.717) is 12.0 Å². The van der Waals surface area contributed by atoms with Crippen LogP contribution >= 0.6 is 11.6 Å². The van der Waals surface area contributed by atoms with Gasteiger partial charge in [0.15, 0.2) is 0 Å². The Morgan fingerprint density at radius 1 is 1.08 bits per heavy atom. The van der Waals surface area contributed by atoms with Crippen molar-refractivity contribution in [1.29, 1.82) is 0 Å². The summed E-state index contributed by atoms with van der Waals surface area (Å²) in [6.45, 7) is 20.9. The summed E-state index contributed by atoms with van der Waals surface area (Å²) in [7, 11) is 2.23. The Kier molecular flexibility index (Phi) is 9.26. The lowest BCUT2D eigenvalue weighted by atomic mass is 9.90. The molecule has 4 rings (SSSR count). The lowest BCUT2D eigenvalue weighted by Gasteiger charge is -2.41. The van der Waals surface area contributed by atoms with Gasteiger partial charge in [-0.3, -0.25) is 0 Å². The highest BCUT2D eigenvalue weighted by Crippen LogP contribution is 2.29. The number of piperidine rings is 2. The predicted molar refractivity (Wildman–Crippen MR) is 160 cm³/mol. The first-order chi connectivity index (χ1) is 17.8. The average Bonchev–Trinajstić information content (AvgIpc) is 3.27. The van der Waals surface area contributed by atoms with Crippen LogP contribution in [0.4, 0.5) is 0 Å². The number of hydrogen-bond donors (Lipinski definition) is 0. The van der Waals surface area contributed by atoms with Crippen LogP contribution in [0.3, 0.4) is 0 Å². The summed E-state index contributed by atoms with van der Waals surface area (Å²) in [5, 5.41) is 3.26. The van der Waals surface area contributed by atoms with Crippen molar-refractivity contribution < 1.29 is 0 Å². The Bertz CT molecular complexity index is 1180. The molecule has 0 saturated carbocycles. The molecule has 0 amide bonds. The second-order valence-electron chi connectivity index (χ2n) is 11.1. The Morgan fingerprint density at radius 3 is 2.30 bits per heavy atom. The first-order valence-electron chi connectivity index (χ1n) is 14.0. The lowest BCUT2D eigenvalue weighted by molar-refractivity contribution is 0.121. The molecule has 5 heteroatoms. The average molecular weight is 521 g/mol. The number of aromatic nitrogens is 1. The molecule has 0 bridgehead atoms. The highest BCUT2D eigenvalue weighted by molar-refractivity contribution is 6.30. The molecule has 0 unspecified atom stereocenters. The van der Waals surface area contributed by atoms with E-state index in [1.807, 2.05) is 18.2 Å². The van der Waals surface area contributed by atoms with E-state index in [4.69, 9.17) is 11.6 Å². The van der Waals surface area contributed by atoms with Crippen LogP contribution in [-0.4, -0.2) is 65.1 Å². The van der Waals surface area contributed by atoms with Crippen LogP contribution in [0.2, 0.25) is 5.02 Å². The predicted octanol–water partition coefficient (Wildman–Crippen LogP) is 5.60. The van der Waals surface area contributed by atoms with Crippen molar-refractivity contribution in [3.63, 3.8) is 0 Å². The largest absolute Gasteiger partial charge is 0.362 e. The summed E-state index contributed by atoms with van der Waals surface area (Å²) in [4.78, 5) is 7.52. The molecule has 0 atom stereocenters. The fourth-order valence-corrected chi connectivity index (χ4v) is 6.25. The number of allylic oxidation sites excluding steroid dienone is 1. The molecule has 2 saturated heterocycles. The molecule has 200 valence electrons. The third-order valence-electron chi connectivity index (χ3n) is 8.43. The molecular weight excluding hydrogens is 476 g/mol. The van der Waals surface area contributed by atoms with Crippen LogP contribution in [0.15, 0.2) is 55.5 Å². The van der Waals surface area contributed by atoms with Gasteiger partial charge in [-0.15, -0.1) is 0 Å². The van der Waals surface area contributed by atoms with Crippen LogP contribution in [0.25, 0.3) is 17.8 Å². The minimum Gasteiger partial charge on any atom is -0.362 e. The van der Waals surface area contributed by atoms with E-state index in [9.17, 15) is 0 Å². The zero-order valence-electron chi connectivity index (χ0n) is 23.3. The van der Waals surface area contributed by atoms with Crippen molar-refractivity contribution >= 4 is 23.8 Å². The highest BCUT2D eigenvalue weighted by atomic mass is 35.5. The summed E-state index contributed by atoms with van der Waals surface area (Å²) in [5.41, 5.74) is 2.55. The maximum atomic E-state index is 6.16. The Balaban J connectivity index is 1.42. The van der Waals surface area contributed by atoms with Gasteiger partial charge >= 0.3 is 0 Å². The summed E-state index contributed by atoms with van der Waals surface area (Å²) in [6.07, 6.45) is 13.5. The van der Waals surface area contributed by atoms with Crippen molar-refractivity contribution in [3.8, 4) is 5.69 Å². The monoisotopic (exact) mass is 520 g/mol. The highest BCUT2D eigenvalue weighted by Gasteiger charge is 2.27. The van der Waals surface area contributed by atoms with Crippen molar-refractivity contribution in [1.82, 2.24) is 19.3 Å². The van der Waals surface area contributed by atoms with Gasteiger partial charge in [0.1, 0.15) is 0 Å². The third kappa shape index (κ3) is 6.35. The van der Waals surface area contributed by atoms with E-state index < -0.39 is 0 Å². The van der Waals surface area contributed by atoms with Gasteiger partial charge < -0.3 is 19.3 Å². The van der Waals surface area contributed by atoms with Gasteiger partial charge in [0, 0.05) is 60.2 Å². The van der Waals surface area contributed by atoms with E-state index >= 15 is 0 Å². The van der Waals surface area contributed by atoms with E-state index in [0.717, 1.165) is 49.1 Å². The quantitative estimate of drug-likeness (QED) is 0.450. The topological polar surface area (TPSA) is 14.7 Å². The van der Waals surface area contributed by atoms with E-state index in [2.05, 4.69) is 90.7 Å². The number of hydrogen-bond acceptors (Lipinski definition) is 3. The van der Waals surface area contributed by atoms with Crippen molar-refractivity contribution in [2.75, 3.05) is 39.8 Å². The summed E-state index contributed by atoms with van der Waals surface area (Å²) in [6, 6.07) is 8.76. The molecule has 1 aromatic carbocycles. The van der Waals surface area contributed by atoms with Gasteiger partial charge in [-0.2, -0.15) is 0 Å². The number of halogens is 1. The Morgan fingerprint density at radius 2 is 1.73 bits per heavy atom. The fourth-order valence-electron chi connectivity index (χ4n) is 6.13. The maximum Gasteiger partial charge on any atom is 0.0962 e. The van der Waals surface area contributed by atoms with Gasteiger partial charge in [-0.1, -0.05) is 43.0 Å². The van der Waals surface area contributed by atoms with E-state index in [-0.39, 0.29) is 0 Å². The Hall–Kier alpha value is -2.43.